The number of carbonyl (C=O) groups is 1. The molecule has 0 bridgehead atoms. The minimum Gasteiger partial charge on any atom is -0.489 e. The zero-order chi connectivity index (χ0) is 21.6. The lowest BCUT2D eigenvalue weighted by atomic mass is 10.1. The van der Waals surface area contributed by atoms with Crippen LogP contribution >= 0.6 is 0 Å². The highest BCUT2D eigenvalue weighted by Crippen LogP contribution is 2.17. The summed E-state index contributed by atoms with van der Waals surface area (Å²) in [5, 5.41) is 0. The van der Waals surface area contributed by atoms with Crippen molar-refractivity contribution in [1.29, 1.82) is 0 Å². The molecule has 31 heavy (non-hydrogen) atoms. The monoisotopic (exact) mass is 416 g/mol. The summed E-state index contributed by atoms with van der Waals surface area (Å²) < 4.78 is 34.0. The van der Waals surface area contributed by atoms with E-state index in [1.165, 1.54) is 18.2 Å². The van der Waals surface area contributed by atoms with Crippen molar-refractivity contribution in [2.24, 2.45) is 0 Å². The summed E-state index contributed by atoms with van der Waals surface area (Å²) in [6, 6.07) is 17.6. The molecule has 0 unspecified atom stereocenters. The van der Waals surface area contributed by atoms with E-state index in [1.807, 2.05) is 35.0 Å². The van der Waals surface area contributed by atoms with Gasteiger partial charge in [0.25, 0.3) is 0 Å². The van der Waals surface area contributed by atoms with Gasteiger partial charge in [0.2, 0.25) is 0 Å². The minimum atomic E-state index is -0.657. The Morgan fingerprint density at radius 1 is 1.00 bits per heavy atom. The average molecular weight is 416 g/mol. The molecular weight excluding hydrogens is 398 g/mol. The number of allylic oxidation sites excluding steroid dienone is 1. The van der Waals surface area contributed by atoms with Gasteiger partial charge in [-0.15, -0.1) is 0 Å². The Bertz CT molecular complexity index is 1200. The van der Waals surface area contributed by atoms with Crippen LogP contribution in [0.3, 0.4) is 0 Å². The number of imidazole rings is 1. The number of hydrogen-bond donors (Lipinski definition) is 0. The summed E-state index contributed by atoms with van der Waals surface area (Å²) in [5.41, 5.74) is 2.64. The Hall–Kier alpha value is -4.06. The highest BCUT2D eigenvalue weighted by Gasteiger charge is 2.06. The molecule has 4 aromatic rings. The second kappa shape index (κ2) is 9.17. The Morgan fingerprint density at radius 3 is 2.45 bits per heavy atom. The molecule has 0 aliphatic heterocycles. The van der Waals surface area contributed by atoms with Gasteiger partial charge in [0.1, 0.15) is 24.0 Å². The van der Waals surface area contributed by atoms with Gasteiger partial charge in [0.05, 0.1) is 6.33 Å². The molecule has 0 saturated carbocycles. The second-order valence-corrected chi connectivity index (χ2v) is 6.81. The standard InChI is InChI=1S/C25H18F2N2O2/c26-21-7-4-20(24(27)15-21)16-31-23-10-5-19(6-11-23)25(30)12-3-18-1-8-22(9-2-18)29-14-13-28-17-29/h1-15,17H,16H2/b12-3+. The maximum Gasteiger partial charge on any atom is 0.185 e. The Labute approximate surface area is 178 Å². The molecule has 0 aliphatic carbocycles. The molecule has 1 heterocycles. The predicted octanol–water partition coefficient (Wildman–Crippen LogP) is 5.63. The fraction of sp³-hybridized carbons (Fsp3) is 0.0400. The van der Waals surface area contributed by atoms with Crippen molar-refractivity contribution >= 4 is 11.9 Å². The van der Waals surface area contributed by atoms with E-state index in [1.54, 1.807) is 42.9 Å². The normalized spacial score (nSPS) is 11.0. The number of rotatable bonds is 7. The lowest BCUT2D eigenvalue weighted by molar-refractivity contribution is 0.104. The van der Waals surface area contributed by atoms with Crippen LogP contribution in [0.25, 0.3) is 11.8 Å². The van der Waals surface area contributed by atoms with E-state index in [9.17, 15) is 13.6 Å². The van der Waals surface area contributed by atoms with E-state index < -0.39 is 11.6 Å². The van der Waals surface area contributed by atoms with Crippen LogP contribution in [0.2, 0.25) is 0 Å². The van der Waals surface area contributed by atoms with Gasteiger partial charge in [-0.2, -0.15) is 0 Å². The quantitative estimate of drug-likeness (QED) is 0.290. The van der Waals surface area contributed by atoms with Crippen LogP contribution in [0.1, 0.15) is 21.5 Å². The summed E-state index contributed by atoms with van der Waals surface area (Å²) in [7, 11) is 0. The molecule has 0 aliphatic rings. The topological polar surface area (TPSA) is 44.1 Å². The number of ketones is 1. The van der Waals surface area contributed by atoms with Crippen LogP contribution in [0.15, 0.2) is 91.5 Å². The van der Waals surface area contributed by atoms with Gasteiger partial charge in [0.15, 0.2) is 5.78 Å². The first-order chi connectivity index (χ1) is 15.1. The van der Waals surface area contributed by atoms with Gasteiger partial charge in [-0.1, -0.05) is 18.2 Å². The number of aromatic nitrogens is 2. The van der Waals surface area contributed by atoms with Crippen molar-refractivity contribution in [2.45, 2.75) is 6.61 Å². The van der Waals surface area contributed by atoms with Gasteiger partial charge in [-0.05, 0) is 60.2 Å². The van der Waals surface area contributed by atoms with Crippen molar-refractivity contribution in [3.05, 3.63) is 120 Å². The van der Waals surface area contributed by atoms with Crippen LogP contribution in [-0.2, 0) is 6.61 Å². The van der Waals surface area contributed by atoms with Gasteiger partial charge < -0.3 is 9.30 Å². The van der Waals surface area contributed by atoms with Crippen molar-refractivity contribution < 1.29 is 18.3 Å². The van der Waals surface area contributed by atoms with Crippen LogP contribution < -0.4 is 4.74 Å². The maximum atomic E-state index is 13.7. The van der Waals surface area contributed by atoms with Crippen molar-refractivity contribution in [1.82, 2.24) is 9.55 Å². The smallest absolute Gasteiger partial charge is 0.185 e. The molecule has 3 aromatic carbocycles. The number of carbonyl (C=O) groups excluding carboxylic acids is 1. The van der Waals surface area contributed by atoms with E-state index >= 15 is 0 Å². The highest BCUT2D eigenvalue weighted by atomic mass is 19.1. The molecule has 0 radical (unpaired) electrons. The fourth-order valence-corrected chi connectivity index (χ4v) is 2.95. The first-order valence-electron chi connectivity index (χ1n) is 9.56. The van der Waals surface area contributed by atoms with Crippen LogP contribution in [0.4, 0.5) is 8.78 Å². The highest BCUT2D eigenvalue weighted by molar-refractivity contribution is 6.06. The van der Waals surface area contributed by atoms with E-state index in [2.05, 4.69) is 4.98 Å². The Kier molecular flexibility index (Phi) is 5.98. The summed E-state index contributed by atoms with van der Waals surface area (Å²) in [5.74, 6) is -0.949. The molecule has 0 atom stereocenters. The molecule has 1 aromatic heterocycles. The van der Waals surface area contributed by atoms with Crippen molar-refractivity contribution in [3.63, 3.8) is 0 Å². The first kappa shape index (κ1) is 20.2. The molecule has 0 amide bonds. The van der Waals surface area contributed by atoms with Crippen molar-refractivity contribution in [2.75, 3.05) is 0 Å². The first-order valence-corrected chi connectivity index (χ1v) is 9.56. The zero-order valence-corrected chi connectivity index (χ0v) is 16.4. The van der Waals surface area contributed by atoms with Crippen LogP contribution in [-0.4, -0.2) is 15.3 Å². The number of nitrogens with zero attached hydrogens (tertiary/aromatic N) is 2. The van der Waals surface area contributed by atoms with E-state index in [4.69, 9.17) is 4.74 Å². The third-order valence-electron chi connectivity index (χ3n) is 4.67. The molecule has 0 N–H and O–H groups in total. The second-order valence-electron chi connectivity index (χ2n) is 6.81. The fourth-order valence-electron chi connectivity index (χ4n) is 2.95. The maximum absolute atomic E-state index is 13.7. The molecular formula is C25H18F2N2O2. The van der Waals surface area contributed by atoms with Gasteiger partial charge in [0, 0.05) is 35.3 Å². The van der Waals surface area contributed by atoms with E-state index in [-0.39, 0.29) is 18.0 Å². The predicted molar refractivity (Wildman–Crippen MR) is 114 cm³/mol. The number of hydrogen-bond acceptors (Lipinski definition) is 3. The van der Waals surface area contributed by atoms with E-state index in [0.29, 0.717) is 11.3 Å². The Balaban J connectivity index is 1.35. The van der Waals surface area contributed by atoms with Gasteiger partial charge in [-0.3, -0.25) is 4.79 Å². The Morgan fingerprint density at radius 2 is 1.77 bits per heavy atom. The number of benzene rings is 3. The minimum absolute atomic E-state index is 0.0334. The molecule has 0 spiro atoms. The van der Waals surface area contributed by atoms with E-state index in [0.717, 1.165) is 17.3 Å². The molecule has 4 nitrogen and oxygen atoms in total. The average Bonchev–Trinajstić information content (AvgIpc) is 3.33. The molecule has 0 saturated heterocycles. The zero-order valence-electron chi connectivity index (χ0n) is 16.4. The van der Waals surface area contributed by atoms with Gasteiger partial charge in [-0.25, -0.2) is 13.8 Å². The molecule has 4 rings (SSSR count). The summed E-state index contributed by atoms with van der Waals surface area (Å²) in [6.07, 6.45) is 8.55. The number of ether oxygens (including phenoxy) is 1. The summed E-state index contributed by atoms with van der Waals surface area (Å²) >= 11 is 0. The summed E-state index contributed by atoms with van der Waals surface area (Å²) in [6.45, 7) is -0.0334. The largest absolute Gasteiger partial charge is 0.489 e. The lowest BCUT2D eigenvalue weighted by Crippen LogP contribution is -2.00. The molecule has 154 valence electrons. The third-order valence-corrected chi connectivity index (χ3v) is 4.67. The van der Waals surface area contributed by atoms with Crippen LogP contribution in [0.5, 0.6) is 5.75 Å². The molecule has 0 fully saturated rings. The van der Waals surface area contributed by atoms with Gasteiger partial charge >= 0.3 is 0 Å². The number of halogens is 2. The molecule has 6 heteroatoms. The summed E-state index contributed by atoms with van der Waals surface area (Å²) in [4.78, 5) is 16.4. The van der Waals surface area contributed by atoms with Crippen molar-refractivity contribution in [3.8, 4) is 11.4 Å². The lowest BCUT2D eigenvalue weighted by Gasteiger charge is -2.07. The van der Waals surface area contributed by atoms with Crippen LogP contribution in [0, 0.1) is 11.6 Å². The third kappa shape index (κ3) is 5.11. The SMILES string of the molecule is O=C(/C=C/c1ccc(-n2ccnc2)cc1)c1ccc(OCc2ccc(F)cc2F)cc1.